The lowest BCUT2D eigenvalue weighted by molar-refractivity contribution is 0.484. The molecule has 2 saturated carbocycles. The van der Waals surface area contributed by atoms with Crippen LogP contribution in [-0.4, -0.2) is 6.04 Å². The third kappa shape index (κ3) is 1.75. The van der Waals surface area contributed by atoms with E-state index in [0.717, 1.165) is 24.2 Å². The van der Waals surface area contributed by atoms with Gasteiger partial charge in [-0.3, -0.25) is 0 Å². The average molecular weight is 219 g/mol. The molecule has 0 spiro atoms. The molecule has 2 aliphatic carbocycles. The van der Waals surface area contributed by atoms with Crippen molar-refractivity contribution in [1.29, 1.82) is 0 Å². The normalized spacial score (nSPS) is 33.5. The summed E-state index contributed by atoms with van der Waals surface area (Å²) in [6.45, 7) is 0. The van der Waals surface area contributed by atoms with Crippen LogP contribution in [0.5, 0.6) is 0 Å². The first kappa shape index (κ1) is 10.3. The summed E-state index contributed by atoms with van der Waals surface area (Å²) in [5, 5.41) is 0. The molecule has 2 fully saturated rings. The molecule has 1 aromatic carbocycles. The summed E-state index contributed by atoms with van der Waals surface area (Å²) < 4.78 is 12.8. The molecule has 0 bridgehead atoms. The second kappa shape index (κ2) is 3.85. The molecule has 3 atom stereocenters. The fraction of sp³-hybridized carbons (Fsp3) is 0.571. The van der Waals surface area contributed by atoms with Crippen molar-refractivity contribution < 1.29 is 4.39 Å². The zero-order chi connectivity index (χ0) is 11.1. The minimum absolute atomic E-state index is 0.166. The second-order valence-electron chi connectivity index (χ2n) is 5.33. The summed E-state index contributed by atoms with van der Waals surface area (Å²) in [6.07, 6.45) is 5.06. The van der Waals surface area contributed by atoms with Crippen molar-refractivity contribution in [3.63, 3.8) is 0 Å². The largest absolute Gasteiger partial charge is 0.327 e. The Morgan fingerprint density at radius 1 is 1.19 bits per heavy atom. The minimum Gasteiger partial charge on any atom is -0.327 e. The fourth-order valence-electron chi connectivity index (χ4n) is 3.54. The van der Waals surface area contributed by atoms with Gasteiger partial charge in [-0.15, -0.1) is 0 Å². The van der Waals surface area contributed by atoms with Gasteiger partial charge in [-0.25, -0.2) is 4.39 Å². The van der Waals surface area contributed by atoms with Crippen LogP contribution in [0.4, 0.5) is 4.39 Å². The molecule has 3 unspecified atom stereocenters. The maximum atomic E-state index is 12.8. The van der Waals surface area contributed by atoms with Crippen LogP contribution >= 0.6 is 0 Å². The molecule has 0 heterocycles. The van der Waals surface area contributed by atoms with Gasteiger partial charge < -0.3 is 5.73 Å². The number of rotatable bonds is 3. The first-order valence-corrected chi connectivity index (χ1v) is 6.26. The molecule has 0 aromatic heterocycles. The number of hydrogen-bond acceptors (Lipinski definition) is 1. The van der Waals surface area contributed by atoms with E-state index < -0.39 is 0 Å². The zero-order valence-corrected chi connectivity index (χ0v) is 9.40. The Balaban J connectivity index is 1.60. The lowest BCUT2D eigenvalue weighted by atomic mass is 9.98. The van der Waals surface area contributed by atoms with Gasteiger partial charge in [0.2, 0.25) is 0 Å². The van der Waals surface area contributed by atoms with Gasteiger partial charge in [-0.1, -0.05) is 18.6 Å². The van der Waals surface area contributed by atoms with Gasteiger partial charge in [-0.05, 0) is 54.7 Å². The van der Waals surface area contributed by atoms with E-state index in [-0.39, 0.29) is 11.9 Å². The standard InChI is InChI=1S/C14H18FN/c15-10-6-4-9(5-7-10)8-13(16)14-11-2-1-3-12(11)14/h4-7,11-14H,1-3,8,16H2. The molecule has 1 aromatic rings. The van der Waals surface area contributed by atoms with Gasteiger partial charge in [0.25, 0.3) is 0 Å². The number of hydrogen-bond donors (Lipinski definition) is 1. The lowest BCUT2D eigenvalue weighted by Gasteiger charge is -2.13. The van der Waals surface area contributed by atoms with Gasteiger partial charge >= 0.3 is 0 Å². The Morgan fingerprint density at radius 2 is 1.81 bits per heavy atom. The van der Waals surface area contributed by atoms with E-state index >= 15 is 0 Å². The predicted octanol–water partition coefficient (Wildman–Crippen LogP) is 2.74. The molecule has 2 aliphatic rings. The molecule has 3 rings (SSSR count). The van der Waals surface area contributed by atoms with E-state index in [4.69, 9.17) is 5.73 Å². The van der Waals surface area contributed by atoms with Crippen LogP contribution in [0.1, 0.15) is 24.8 Å². The van der Waals surface area contributed by atoms with Gasteiger partial charge in [0.1, 0.15) is 5.82 Å². The van der Waals surface area contributed by atoms with Gasteiger partial charge in [-0.2, -0.15) is 0 Å². The maximum absolute atomic E-state index is 12.8. The van der Waals surface area contributed by atoms with Crippen molar-refractivity contribution >= 4 is 0 Å². The van der Waals surface area contributed by atoms with Crippen LogP contribution < -0.4 is 5.73 Å². The third-order valence-electron chi connectivity index (χ3n) is 4.35. The molecule has 0 saturated heterocycles. The Morgan fingerprint density at radius 3 is 2.44 bits per heavy atom. The van der Waals surface area contributed by atoms with E-state index in [1.165, 1.54) is 37.0 Å². The van der Waals surface area contributed by atoms with E-state index in [1.54, 1.807) is 0 Å². The summed E-state index contributed by atoms with van der Waals surface area (Å²) in [5.74, 6) is 2.41. The summed E-state index contributed by atoms with van der Waals surface area (Å²) in [5.41, 5.74) is 7.41. The minimum atomic E-state index is -0.166. The highest BCUT2D eigenvalue weighted by molar-refractivity contribution is 5.19. The van der Waals surface area contributed by atoms with E-state index in [9.17, 15) is 4.39 Å². The smallest absolute Gasteiger partial charge is 0.123 e. The van der Waals surface area contributed by atoms with Crippen LogP contribution in [0.2, 0.25) is 0 Å². The van der Waals surface area contributed by atoms with Crippen molar-refractivity contribution in [3.05, 3.63) is 35.6 Å². The first-order valence-electron chi connectivity index (χ1n) is 6.26. The van der Waals surface area contributed by atoms with Gasteiger partial charge in [0.15, 0.2) is 0 Å². The summed E-state index contributed by atoms with van der Waals surface area (Å²) >= 11 is 0. The lowest BCUT2D eigenvalue weighted by Crippen LogP contribution is -2.27. The molecular formula is C14H18FN. The predicted molar refractivity (Wildman–Crippen MR) is 62.4 cm³/mol. The molecule has 0 radical (unpaired) electrons. The molecular weight excluding hydrogens is 201 g/mol. The van der Waals surface area contributed by atoms with Crippen LogP contribution in [-0.2, 0) is 6.42 Å². The SMILES string of the molecule is NC(Cc1ccc(F)cc1)C1C2CCCC21. The zero-order valence-electron chi connectivity index (χ0n) is 9.40. The van der Waals surface area contributed by atoms with Crippen molar-refractivity contribution in [2.75, 3.05) is 0 Å². The van der Waals surface area contributed by atoms with E-state index in [2.05, 4.69) is 0 Å². The molecule has 0 aliphatic heterocycles. The van der Waals surface area contributed by atoms with E-state index in [1.807, 2.05) is 12.1 Å². The molecule has 2 heteroatoms. The average Bonchev–Trinajstić information content (AvgIpc) is 2.76. The quantitative estimate of drug-likeness (QED) is 0.831. The Labute approximate surface area is 95.8 Å². The molecule has 0 amide bonds. The fourth-order valence-corrected chi connectivity index (χ4v) is 3.54. The maximum Gasteiger partial charge on any atom is 0.123 e. The van der Waals surface area contributed by atoms with E-state index in [0.29, 0.717) is 0 Å². The van der Waals surface area contributed by atoms with Crippen molar-refractivity contribution in [2.45, 2.75) is 31.7 Å². The van der Waals surface area contributed by atoms with Gasteiger partial charge in [0, 0.05) is 6.04 Å². The van der Waals surface area contributed by atoms with Gasteiger partial charge in [0.05, 0.1) is 0 Å². The molecule has 16 heavy (non-hydrogen) atoms. The third-order valence-corrected chi connectivity index (χ3v) is 4.35. The van der Waals surface area contributed by atoms with Crippen LogP contribution in [0.25, 0.3) is 0 Å². The second-order valence-corrected chi connectivity index (χ2v) is 5.33. The monoisotopic (exact) mass is 219 g/mol. The van der Waals surface area contributed by atoms with Crippen LogP contribution in [0, 0.1) is 23.6 Å². The van der Waals surface area contributed by atoms with Crippen molar-refractivity contribution in [1.82, 2.24) is 0 Å². The van der Waals surface area contributed by atoms with Crippen LogP contribution in [0.3, 0.4) is 0 Å². The molecule has 2 N–H and O–H groups in total. The summed E-state index contributed by atoms with van der Waals surface area (Å²) in [4.78, 5) is 0. The Bertz CT molecular complexity index is 363. The molecule has 86 valence electrons. The number of benzene rings is 1. The Kier molecular flexibility index (Phi) is 2.47. The summed E-state index contributed by atoms with van der Waals surface area (Å²) in [6, 6.07) is 7.03. The van der Waals surface area contributed by atoms with Crippen molar-refractivity contribution in [2.24, 2.45) is 23.5 Å². The number of fused-ring (bicyclic) bond motifs is 1. The highest BCUT2D eigenvalue weighted by Crippen LogP contribution is 2.58. The first-order chi connectivity index (χ1) is 7.75. The van der Waals surface area contributed by atoms with Crippen molar-refractivity contribution in [3.8, 4) is 0 Å². The topological polar surface area (TPSA) is 26.0 Å². The Hall–Kier alpha value is -0.890. The number of nitrogens with two attached hydrogens (primary N) is 1. The van der Waals surface area contributed by atoms with Crippen LogP contribution in [0.15, 0.2) is 24.3 Å². The summed E-state index contributed by atoms with van der Waals surface area (Å²) in [7, 11) is 0. The highest BCUT2D eigenvalue weighted by Gasteiger charge is 2.54. The highest BCUT2D eigenvalue weighted by atomic mass is 19.1. The molecule has 1 nitrogen and oxygen atoms in total. The number of halogens is 1.